The van der Waals surface area contributed by atoms with Crippen LogP contribution in [0.15, 0.2) is 38.8 Å². The van der Waals surface area contributed by atoms with E-state index in [1.165, 1.54) is 25.1 Å². The summed E-state index contributed by atoms with van der Waals surface area (Å²) in [5.41, 5.74) is -1.14. The van der Waals surface area contributed by atoms with E-state index < -0.39 is 26.9 Å². The first-order valence-electron chi connectivity index (χ1n) is 11.1. The van der Waals surface area contributed by atoms with E-state index in [0.29, 0.717) is 6.04 Å². The van der Waals surface area contributed by atoms with Crippen LogP contribution < -0.4 is 16.6 Å². The maximum absolute atomic E-state index is 15.1. The van der Waals surface area contributed by atoms with Gasteiger partial charge in [-0.15, -0.1) is 0 Å². The normalized spacial score (nSPS) is 16.9. The number of hydrogen-bond acceptors (Lipinski definition) is 6. The van der Waals surface area contributed by atoms with Gasteiger partial charge >= 0.3 is 5.69 Å². The summed E-state index contributed by atoms with van der Waals surface area (Å²) in [4.78, 5) is 30.7. The molecule has 3 aromatic rings. The van der Waals surface area contributed by atoms with Gasteiger partial charge in [-0.3, -0.25) is 14.3 Å². The molecule has 1 atom stereocenters. The molecule has 0 amide bonds. The van der Waals surface area contributed by atoms with Gasteiger partial charge in [-0.05, 0) is 43.3 Å². The lowest BCUT2D eigenvalue weighted by atomic mass is 10.1. The van der Waals surface area contributed by atoms with Gasteiger partial charge in [0.25, 0.3) is 5.56 Å². The van der Waals surface area contributed by atoms with E-state index in [-0.39, 0.29) is 55.8 Å². The molecule has 188 valence electrons. The first-order valence-corrected chi connectivity index (χ1v) is 13.5. The molecular formula is C23H25Cl2FN4O4S. The third kappa shape index (κ3) is 5.03. The van der Waals surface area contributed by atoms with Crippen LogP contribution in [0.3, 0.4) is 0 Å². The smallest absolute Gasteiger partial charge is 0.316 e. The molecule has 0 unspecified atom stereocenters. The number of benzene rings is 2. The van der Waals surface area contributed by atoms with Gasteiger partial charge in [-0.2, -0.15) is 0 Å². The number of likely N-dealkylation sites (N-methyl/N-ethyl adjacent to an activating group) is 1. The van der Waals surface area contributed by atoms with Crippen molar-refractivity contribution in [3.05, 3.63) is 72.1 Å². The van der Waals surface area contributed by atoms with Gasteiger partial charge in [-0.1, -0.05) is 30.1 Å². The third-order valence-corrected chi connectivity index (χ3v) is 8.87. The SMILES string of the molecule is CCS(=O)(=O)c1ccc(Cl)cc1Cn1c(=O)[nH]c2c(Cl)c(CN3CC[C@H](NC)C3)c(F)cc2c1=O. The highest BCUT2D eigenvalue weighted by Gasteiger charge is 2.25. The number of aromatic nitrogens is 2. The number of H-pyrrole nitrogens is 1. The molecule has 0 spiro atoms. The number of hydrogen-bond donors (Lipinski definition) is 2. The van der Waals surface area contributed by atoms with Gasteiger partial charge in [0.2, 0.25) is 0 Å². The lowest BCUT2D eigenvalue weighted by molar-refractivity contribution is 0.317. The summed E-state index contributed by atoms with van der Waals surface area (Å²) in [5.74, 6) is -0.816. The van der Waals surface area contributed by atoms with Crippen LogP contribution in [0.1, 0.15) is 24.5 Å². The first-order chi connectivity index (χ1) is 16.6. The number of rotatable bonds is 7. The molecule has 0 saturated carbocycles. The zero-order valence-electron chi connectivity index (χ0n) is 19.2. The van der Waals surface area contributed by atoms with Crippen LogP contribution in [0.25, 0.3) is 10.9 Å². The summed E-state index contributed by atoms with van der Waals surface area (Å²) >= 11 is 12.5. The van der Waals surface area contributed by atoms with Crippen molar-refractivity contribution in [2.45, 2.75) is 37.4 Å². The Morgan fingerprint density at radius 3 is 2.60 bits per heavy atom. The average Bonchev–Trinajstić information content (AvgIpc) is 3.28. The molecule has 2 aromatic carbocycles. The fraction of sp³-hybridized carbons (Fsp3) is 0.391. The Balaban J connectivity index is 1.79. The van der Waals surface area contributed by atoms with E-state index in [1.54, 1.807) is 0 Å². The Morgan fingerprint density at radius 1 is 1.20 bits per heavy atom. The molecule has 1 fully saturated rings. The van der Waals surface area contributed by atoms with Crippen LogP contribution in [0.4, 0.5) is 4.39 Å². The predicted octanol–water partition coefficient (Wildman–Crippen LogP) is 2.77. The van der Waals surface area contributed by atoms with Crippen molar-refractivity contribution in [3.63, 3.8) is 0 Å². The minimum absolute atomic E-state index is 0.0220. The van der Waals surface area contributed by atoms with Gasteiger partial charge in [-0.25, -0.2) is 17.6 Å². The Hall–Kier alpha value is -2.24. The van der Waals surface area contributed by atoms with Crippen molar-refractivity contribution in [3.8, 4) is 0 Å². The molecular weight excluding hydrogens is 518 g/mol. The minimum Gasteiger partial charge on any atom is -0.316 e. The van der Waals surface area contributed by atoms with E-state index in [2.05, 4.69) is 10.3 Å². The van der Waals surface area contributed by atoms with Gasteiger partial charge < -0.3 is 10.3 Å². The van der Waals surface area contributed by atoms with Gasteiger partial charge in [0, 0.05) is 36.3 Å². The molecule has 2 heterocycles. The van der Waals surface area contributed by atoms with Crippen molar-refractivity contribution in [1.82, 2.24) is 19.8 Å². The number of aromatic amines is 1. The standard InChI is InChI=1S/C23H25Cl2FN4O4S/c1-3-35(33,34)19-5-4-14(24)8-13(19)10-30-22(31)16-9-18(26)17(20(25)21(16)28-23(30)32)12-29-7-6-15(11-29)27-2/h4-5,8-9,15,27H,3,6-7,10-12H2,1-2H3,(H,28,32)/t15-/m0/s1. The topological polar surface area (TPSA) is 104 Å². The molecule has 0 radical (unpaired) electrons. The molecule has 2 N–H and O–H groups in total. The molecule has 4 rings (SSSR count). The molecule has 1 saturated heterocycles. The lowest BCUT2D eigenvalue weighted by Gasteiger charge is -2.18. The van der Waals surface area contributed by atoms with Crippen LogP contribution in [-0.2, 0) is 22.9 Å². The second-order valence-electron chi connectivity index (χ2n) is 8.56. The zero-order valence-corrected chi connectivity index (χ0v) is 21.5. The molecule has 0 bridgehead atoms. The lowest BCUT2D eigenvalue weighted by Crippen LogP contribution is -2.36. The number of halogens is 3. The van der Waals surface area contributed by atoms with Crippen LogP contribution >= 0.6 is 23.2 Å². The Kier molecular flexibility index (Phi) is 7.40. The second-order valence-corrected chi connectivity index (χ2v) is 11.6. The van der Waals surface area contributed by atoms with E-state index in [0.717, 1.165) is 30.1 Å². The highest BCUT2D eigenvalue weighted by molar-refractivity contribution is 7.91. The summed E-state index contributed by atoms with van der Waals surface area (Å²) in [5, 5.41) is 3.32. The Morgan fingerprint density at radius 2 is 1.94 bits per heavy atom. The van der Waals surface area contributed by atoms with E-state index in [9.17, 15) is 18.0 Å². The molecule has 1 aliphatic heterocycles. The summed E-state index contributed by atoms with van der Waals surface area (Å²) in [6.07, 6.45) is 0.921. The number of fused-ring (bicyclic) bond motifs is 1. The van der Waals surface area contributed by atoms with Gasteiger partial charge in [0.15, 0.2) is 9.84 Å². The number of nitrogens with zero attached hydrogens (tertiary/aromatic N) is 2. The quantitative estimate of drug-likeness (QED) is 0.475. The van der Waals surface area contributed by atoms with Crippen LogP contribution in [0, 0.1) is 5.82 Å². The number of nitrogens with one attached hydrogen (secondary N) is 2. The minimum atomic E-state index is -3.65. The summed E-state index contributed by atoms with van der Waals surface area (Å²) in [6, 6.07) is 5.54. The third-order valence-electron chi connectivity index (χ3n) is 6.39. The van der Waals surface area contributed by atoms with Crippen molar-refractivity contribution in [1.29, 1.82) is 0 Å². The monoisotopic (exact) mass is 542 g/mol. The highest BCUT2D eigenvalue weighted by Crippen LogP contribution is 2.29. The summed E-state index contributed by atoms with van der Waals surface area (Å²) < 4.78 is 41.0. The number of sulfone groups is 1. The fourth-order valence-electron chi connectivity index (χ4n) is 4.39. The summed E-state index contributed by atoms with van der Waals surface area (Å²) in [6.45, 7) is 2.86. The molecule has 1 aliphatic rings. The molecule has 0 aliphatic carbocycles. The zero-order chi connectivity index (χ0) is 25.5. The first kappa shape index (κ1) is 25.8. The maximum atomic E-state index is 15.1. The van der Waals surface area contributed by atoms with Crippen LogP contribution in [0.2, 0.25) is 10.0 Å². The largest absolute Gasteiger partial charge is 0.329 e. The van der Waals surface area contributed by atoms with Crippen molar-refractivity contribution < 1.29 is 12.8 Å². The van der Waals surface area contributed by atoms with E-state index in [4.69, 9.17) is 23.2 Å². The van der Waals surface area contributed by atoms with Gasteiger partial charge in [0.1, 0.15) is 5.82 Å². The van der Waals surface area contributed by atoms with Crippen molar-refractivity contribution in [2.24, 2.45) is 0 Å². The Labute approximate surface area is 211 Å². The highest BCUT2D eigenvalue weighted by atomic mass is 35.5. The van der Waals surface area contributed by atoms with Crippen LogP contribution in [-0.4, -0.2) is 54.8 Å². The molecule has 8 nitrogen and oxygen atoms in total. The second kappa shape index (κ2) is 10.0. The van der Waals surface area contributed by atoms with Crippen molar-refractivity contribution >= 4 is 43.9 Å². The Bertz CT molecular complexity index is 1520. The van der Waals surface area contributed by atoms with E-state index in [1.807, 2.05) is 11.9 Å². The summed E-state index contributed by atoms with van der Waals surface area (Å²) in [7, 11) is -1.77. The van der Waals surface area contributed by atoms with Gasteiger partial charge in [0.05, 0.1) is 33.1 Å². The van der Waals surface area contributed by atoms with Crippen molar-refractivity contribution in [2.75, 3.05) is 25.9 Å². The average molecular weight is 543 g/mol. The molecule has 1 aromatic heterocycles. The fourth-order valence-corrected chi connectivity index (χ4v) is 5.99. The van der Waals surface area contributed by atoms with Crippen LogP contribution in [0.5, 0.6) is 0 Å². The predicted molar refractivity (Wildman–Crippen MR) is 135 cm³/mol. The van der Waals surface area contributed by atoms with E-state index >= 15 is 4.39 Å². The maximum Gasteiger partial charge on any atom is 0.329 e. The molecule has 12 heteroatoms. The number of likely N-dealkylation sites (tertiary alicyclic amines) is 1. The molecule has 35 heavy (non-hydrogen) atoms.